The molecule has 5 nitrogen and oxygen atoms in total. The van der Waals surface area contributed by atoms with Crippen molar-refractivity contribution in [3.63, 3.8) is 0 Å². The topological polar surface area (TPSA) is 62.0 Å². The molecule has 3 heterocycles. The van der Waals surface area contributed by atoms with Gasteiger partial charge in [0.05, 0.1) is 24.1 Å². The van der Waals surface area contributed by atoms with Crippen molar-refractivity contribution in [2.24, 2.45) is 5.92 Å². The monoisotopic (exact) mass is 294 g/mol. The lowest BCUT2D eigenvalue weighted by Gasteiger charge is -2.34. The molecule has 0 aliphatic carbocycles. The summed E-state index contributed by atoms with van der Waals surface area (Å²) in [5.74, 6) is 1.10. The SMILES string of the molecule is N#Cc1ccncc1N1CCCC(COc2ccccn2)C1. The summed E-state index contributed by atoms with van der Waals surface area (Å²) < 4.78 is 5.77. The van der Waals surface area contributed by atoms with Crippen LogP contribution in [0.1, 0.15) is 18.4 Å². The molecule has 1 atom stereocenters. The van der Waals surface area contributed by atoms with Crippen LogP contribution in [-0.4, -0.2) is 29.7 Å². The first kappa shape index (κ1) is 14.3. The van der Waals surface area contributed by atoms with Gasteiger partial charge in [-0.2, -0.15) is 5.26 Å². The van der Waals surface area contributed by atoms with E-state index in [0.717, 1.165) is 31.6 Å². The first-order valence-electron chi connectivity index (χ1n) is 7.49. The fraction of sp³-hybridized carbons (Fsp3) is 0.353. The van der Waals surface area contributed by atoms with Gasteiger partial charge in [0, 0.05) is 37.5 Å². The summed E-state index contributed by atoms with van der Waals surface area (Å²) in [5, 5.41) is 9.23. The van der Waals surface area contributed by atoms with Crippen LogP contribution in [0.3, 0.4) is 0 Å². The highest BCUT2D eigenvalue weighted by molar-refractivity contribution is 5.57. The molecule has 0 bridgehead atoms. The number of aromatic nitrogens is 2. The summed E-state index contributed by atoms with van der Waals surface area (Å²) in [6, 6.07) is 9.68. The van der Waals surface area contributed by atoms with Crippen LogP contribution in [0.25, 0.3) is 0 Å². The van der Waals surface area contributed by atoms with E-state index in [-0.39, 0.29) is 0 Å². The molecule has 0 radical (unpaired) electrons. The molecule has 1 unspecified atom stereocenters. The molecule has 112 valence electrons. The molecule has 22 heavy (non-hydrogen) atoms. The predicted molar refractivity (Wildman–Crippen MR) is 83.6 cm³/mol. The molecule has 0 spiro atoms. The molecule has 0 amide bonds. The fourth-order valence-electron chi connectivity index (χ4n) is 2.79. The van der Waals surface area contributed by atoms with E-state index < -0.39 is 0 Å². The van der Waals surface area contributed by atoms with Crippen LogP contribution in [0.5, 0.6) is 5.88 Å². The molecular weight excluding hydrogens is 276 g/mol. The number of pyridine rings is 2. The number of rotatable bonds is 4. The zero-order valence-electron chi connectivity index (χ0n) is 12.4. The maximum atomic E-state index is 9.23. The first-order valence-corrected chi connectivity index (χ1v) is 7.49. The van der Waals surface area contributed by atoms with Gasteiger partial charge in [0.1, 0.15) is 6.07 Å². The Bertz CT molecular complexity index is 653. The van der Waals surface area contributed by atoms with E-state index in [9.17, 15) is 5.26 Å². The largest absolute Gasteiger partial charge is 0.477 e. The Morgan fingerprint density at radius 2 is 2.27 bits per heavy atom. The number of anilines is 1. The van der Waals surface area contributed by atoms with Gasteiger partial charge in [-0.25, -0.2) is 4.98 Å². The molecule has 0 N–H and O–H groups in total. The molecule has 3 rings (SSSR count). The molecular formula is C17H18N4O. The Hall–Kier alpha value is -2.61. The molecule has 0 aromatic carbocycles. The summed E-state index contributed by atoms with van der Waals surface area (Å²) in [7, 11) is 0. The molecule has 1 saturated heterocycles. The first-order chi connectivity index (χ1) is 10.9. The summed E-state index contributed by atoms with van der Waals surface area (Å²) in [6.45, 7) is 2.49. The van der Waals surface area contributed by atoms with Crippen LogP contribution >= 0.6 is 0 Å². The van der Waals surface area contributed by atoms with Gasteiger partial charge in [-0.05, 0) is 25.0 Å². The van der Waals surface area contributed by atoms with Crippen molar-refractivity contribution >= 4 is 5.69 Å². The second-order valence-corrected chi connectivity index (χ2v) is 5.44. The highest BCUT2D eigenvalue weighted by Gasteiger charge is 2.22. The van der Waals surface area contributed by atoms with Gasteiger partial charge in [0.2, 0.25) is 5.88 Å². The standard InChI is InChI=1S/C17H18N4O/c18-10-15-6-8-19-11-16(15)21-9-3-4-14(12-21)13-22-17-5-1-2-7-20-17/h1-2,5-8,11,14H,3-4,9,12-13H2. The Morgan fingerprint density at radius 1 is 1.32 bits per heavy atom. The average molecular weight is 294 g/mol. The Morgan fingerprint density at radius 3 is 3.09 bits per heavy atom. The average Bonchev–Trinajstić information content (AvgIpc) is 2.61. The molecule has 1 fully saturated rings. The zero-order valence-corrected chi connectivity index (χ0v) is 12.4. The number of ether oxygens (including phenoxy) is 1. The molecule has 0 saturated carbocycles. The molecule has 2 aromatic heterocycles. The van der Waals surface area contributed by atoms with Crippen LogP contribution in [0.4, 0.5) is 5.69 Å². The van der Waals surface area contributed by atoms with Gasteiger partial charge in [0.15, 0.2) is 0 Å². The van der Waals surface area contributed by atoms with Crippen molar-refractivity contribution in [3.05, 3.63) is 48.4 Å². The third-order valence-corrected chi connectivity index (χ3v) is 3.88. The van der Waals surface area contributed by atoms with E-state index in [0.29, 0.717) is 24.0 Å². The van der Waals surface area contributed by atoms with E-state index in [1.807, 2.05) is 18.2 Å². The maximum absolute atomic E-state index is 9.23. The normalized spacial score (nSPS) is 17.8. The van der Waals surface area contributed by atoms with Crippen LogP contribution in [-0.2, 0) is 0 Å². The minimum absolute atomic E-state index is 0.433. The smallest absolute Gasteiger partial charge is 0.213 e. The second-order valence-electron chi connectivity index (χ2n) is 5.44. The van der Waals surface area contributed by atoms with Crippen molar-refractivity contribution < 1.29 is 4.74 Å². The second kappa shape index (κ2) is 6.90. The van der Waals surface area contributed by atoms with Crippen molar-refractivity contribution in [1.82, 2.24) is 9.97 Å². The summed E-state index contributed by atoms with van der Waals surface area (Å²) in [5.41, 5.74) is 1.61. The van der Waals surface area contributed by atoms with Gasteiger partial charge in [-0.15, -0.1) is 0 Å². The van der Waals surface area contributed by atoms with Crippen molar-refractivity contribution in [1.29, 1.82) is 5.26 Å². The van der Waals surface area contributed by atoms with Crippen LogP contribution in [0.2, 0.25) is 0 Å². The lowest BCUT2D eigenvalue weighted by Crippen LogP contribution is -2.38. The van der Waals surface area contributed by atoms with Gasteiger partial charge in [0.25, 0.3) is 0 Å². The van der Waals surface area contributed by atoms with E-state index in [1.165, 1.54) is 0 Å². The highest BCUT2D eigenvalue weighted by atomic mass is 16.5. The molecule has 1 aliphatic heterocycles. The number of hydrogen-bond acceptors (Lipinski definition) is 5. The van der Waals surface area contributed by atoms with Crippen molar-refractivity contribution in [3.8, 4) is 11.9 Å². The van der Waals surface area contributed by atoms with Gasteiger partial charge in [-0.1, -0.05) is 6.07 Å². The summed E-state index contributed by atoms with van der Waals surface area (Å²) in [4.78, 5) is 10.6. The number of nitriles is 1. The van der Waals surface area contributed by atoms with E-state index in [2.05, 4.69) is 20.9 Å². The Balaban J connectivity index is 1.63. The Labute approximate surface area is 130 Å². The van der Waals surface area contributed by atoms with Gasteiger partial charge in [-0.3, -0.25) is 4.98 Å². The predicted octanol–water partition coefficient (Wildman–Crippen LogP) is 2.64. The van der Waals surface area contributed by atoms with E-state index >= 15 is 0 Å². The highest BCUT2D eigenvalue weighted by Crippen LogP contribution is 2.25. The molecule has 2 aromatic rings. The minimum atomic E-state index is 0.433. The quantitative estimate of drug-likeness (QED) is 0.867. The molecule has 5 heteroatoms. The van der Waals surface area contributed by atoms with Gasteiger partial charge < -0.3 is 9.64 Å². The van der Waals surface area contributed by atoms with Crippen molar-refractivity contribution in [2.45, 2.75) is 12.8 Å². The third kappa shape index (κ3) is 3.34. The van der Waals surface area contributed by atoms with E-state index in [1.54, 1.807) is 24.7 Å². The number of piperidine rings is 1. The minimum Gasteiger partial charge on any atom is -0.477 e. The lowest BCUT2D eigenvalue weighted by molar-refractivity contribution is 0.222. The zero-order chi connectivity index (χ0) is 15.2. The third-order valence-electron chi connectivity index (χ3n) is 3.88. The summed E-state index contributed by atoms with van der Waals surface area (Å²) >= 11 is 0. The summed E-state index contributed by atoms with van der Waals surface area (Å²) in [6.07, 6.45) is 7.40. The fourth-order valence-corrected chi connectivity index (χ4v) is 2.79. The van der Waals surface area contributed by atoms with E-state index in [4.69, 9.17) is 4.74 Å². The van der Waals surface area contributed by atoms with Crippen LogP contribution < -0.4 is 9.64 Å². The van der Waals surface area contributed by atoms with Crippen molar-refractivity contribution in [2.75, 3.05) is 24.6 Å². The number of hydrogen-bond donors (Lipinski definition) is 0. The van der Waals surface area contributed by atoms with Crippen LogP contribution in [0, 0.1) is 17.2 Å². The molecule has 1 aliphatic rings. The lowest BCUT2D eigenvalue weighted by atomic mass is 9.98. The van der Waals surface area contributed by atoms with Gasteiger partial charge >= 0.3 is 0 Å². The van der Waals surface area contributed by atoms with Crippen LogP contribution in [0.15, 0.2) is 42.9 Å². The Kier molecular flexibility index (Phi) is 4.50. The number of nitrogens with zero attached hydrogens (tertiary/aromatic N) is 4. The maximum Gasteiger partial charge on any atom is 0.213 e.